The van der Waals surface area contributed by atoms with Gasteiger partial charge in [-0.3, -0.25) is 4.79 Å². The van der Waals surface area contributed by atoms with Crippen LogP contribution in [0.25, 0.3) is 11.3 Å². The molecule has 1 aromatic heterocycles. The Bertz CT molecular complexity index is 984. The van der Waals surface area contributed by atoms with Crippen molar-refractivity contribution in [2.75, 3.05) is 37.7 Å². The molecule has 1 aliphatic rings. The van der Waals surface area contributed by atoms with Gasteiger partial charge in [-0.1, -0.05) is 48.0 Å². The van der Waals surface area contributed by atoms with Crippen LogP contribution >= 0.6 is 0 Å². The zero-order valence-electron chi connectivity index (χ0n) is 17.9. The molecule has 1 aliphatic heterocycles. The van der Waals surface area contributed by atoms with E-state index in [1.807, 2.05) is 65.6 Å². The Morgan fingerprint density at radius 3 is 2.45 bits per heavy atom. The van der Waals surface area contributed by atoms with Crippen molar-refractivity contribution in [3.8, 4) is 17.0 Å². The second-order valence-electron chi connectivity index (χ2n) is 7.76. The van der Waals surface area contributed by atoms with E-state index in [1.54, 1.807) is 6.33 Å². The lowest BCUT2D eigenvalue weighted by molar-refractivity contribution is -0.131. The molecule has 0 saturated carbocycles. The highest BCUT2D eigenvalue weighted by Gasteiger charge is 2.22. The highest BCUT2D eigenvalue weighted by molar-refractivity contribution is 5.76. The van der Waals surface area contributed by atoms with Crippen molar-refractivity contribution < 1.29 is 9.53 Å². The van der Waals surface area contributed by atoms with Gasteiger partial charge in [0.2, 0.25) is 5.91 Å². The molecule has 1 saturated heterocycles. The van der Waals surface area contributed by atoms with Gasteiger partial charge in [-0.25, -0.2) is 9.97 Å². The molecule has 1 amide bonds. The van der Waals surface area contributed by atoms with Gasteiger partial charge < -0.3 is 14.5 Å². The first-order chi connectivity index (χ1) is 15.2. The first-order valence-electron chi connectivity index (χ1n) is 10.8. The van der Waals surface area contributed by atoms with Gasteiger partial charge in [-0.15, -0.1) is 0 Å². The maximum absolute atomic E-state index is 12.6. The van der Waals surface area contributed by atoms with Crippen molar-refractivity contribution in [2.45, 2.75) is 19.8 Å². The van der Waals surface area contributed by atoms with E-state index < -0.39 is 0 Å². The summed E-state index contributed by atoms with van der Waals surface area (Å²) in [6, 6.07) is 20.1. The second kappa shape index (κ2) is 10.1. The van der Waals surface area contributed by atoms with E-state index >= 15 is 0 Å². The monoisotopic (exact) mass is 416 g/mol. The number of aromatic nitrogens is 2. The molecular formula is C25H28N4O2. The summed E-state index contributed by atoms with van der Waals surface area (Å²) in [5.74, 6) is 1.96. The summed E-state index contributed by atoms with van der Waals surface area (Å²) in [6.45, 7) is 5.57. The number of benzene rings is 2. The van der Waals surface area contributed by atoms with Gasteiger partial charge in [-0.2, -0.15) is 0 Å². The molecule has 0 unspecified atom stereocenters. The molecule has 0 atom stereocenters. The number of anilines is 1. The first-order valence-corrected chi connectivity index (χ1v) is 10.8. The van der Waals surface area contributed by atoms with E-state index in [4.69, 9.17) is 4.74 Å². The van der Waals surface area contributed by atoms with Crippen LogP contribution in [0.1, 0.15) is 18.4 Å². The SMILES string of the molecule is Cc1ccc(OCCCC(=O)N2CCN(c3cc(-c4ccccc4)ncn3)CC2)cc1. The molecule has 4 rings (SSSR count). The number of carbonyl (C=O) groups excluding carboxylic acids is 1. The molecule has 0 radical (unpaired) electrons. The quantitative estimate of drug-likeness (QED) is 0.546. The van der Waals surface area contributed by atoms with Crippen molar-refractivity contribution >= 4 is 11.7 Å². The lowest BCUT2D eigenvalue weighted by atomic mass is 10.1. The number of nitrogens with zero attached hydrogens (tertiary/aromatic N) is 4. The molecule has 2 aromatic carbocycles. The topological polar surface area (TPSA) is 58.6 Å². The number of carbonyl (C=O) groups is 1. The fourth-order valence-electron chi connectivity index (χ4n) is 3.68. The Labute approximate surface area is 183 Å². The summed E-state index contributed by atoms with van der Waals surface area (Å²) in [4.78, 5) is 25.6. The molecule has 6 nitrogen and oxygen atoms in total. The van der Waals surface area contributed by atoms with Gasteiger partial charge in [-0.05, 0) is 25.5 Å². The van der Waals surface area contributed by atoms with Crippen LogP contribution in [0.2, 0.25) is 0 Å². The summed E-state index contributed by atoms with van der Waals surface area (Å²) >= 11 is 0. The summed E-state index contributed by atoms with van der Waals surface area (Å²) in [6.07, 6.45) is 2.85. The van der Waals surface area contributed by atoms with E-state index in [1.165, 1.54) is 5.56 Å². The zero-order valence-corrected chi connectivity index (χ0v) is 17.9. The Balaban J connectivity index is 1.23. The second-order valence-corrected chi connectivity index (χ2v) is 7.76. The van der Waals surface area contributed by atoms with E-state index in [2.05, 4.69) is 21.8 Å². The van der Waals surface area contributed by atoms with E-state index in [9.17, 15) is 4.79 Å². The van der Waals surface area contributed by atoms with Crippen LogP contribution in [0.5, 0.6) is 5.75 Å². The third-order valence-corrected chi connectivity index (χ3v) is 5.50. The standard InChI is InChI=1S/C25H28N4O2/c1-20-9-11-22(12-10-20)31-17-5-8-25(30)29-15-13-28(14-16-29)24-18-23(26-19-27-24)21-6-3-2-4-7-21/h2-4,6-7,9-12,18-19H,5,8,13-17H2,1H3. The highest BCUT2D eigenvalue weighted by Crippen LogP contribution is 2.21. The molecule has 0 aliphatic carbocycles. The van der Waals surface area contributed by atoms with E-state index in [0.29, 0.717) is 26.1 Å². The van der Waals surface area contributed by atoms with Crippen LogP contribution in [-0.2, 0) is 4.79 Å². The molecule has 0 bridgehead atoms. The minimum atomic E-state index is 0.194. The van der Waals surface area contributed by atoms with Crippen molar-refractivity contribution in [1.82, 2.24) is 14.9 Å². The molecule has 0 N–H and O–H groups in total. The maximum atomic E-state index is 12.6. The smallest absolute Gasteiger partial charge is 0.222 e. The number of aryl methyl sites for hydroxylation is 1. The molecule has 1 fully saturated rings. The summed E-state index contributed by atoms with van der Waals surface area (Å²) < 4.78 is 5.73. The van der Waals surface area contributed by atoms with E-state index in [-0.39, 0.29) is 5.91 Å². The Morgan fingerprint density at radius 2 is 1.71 bits per heavy atom. The van der Waals surface area contributed by atoms with Gasteiger partial charge in [0.25, 0.3) is 0 Å². The fraction of sp³-hybridized carbons (Fsp3) is 0.320. The lowest BCUT2D eigenvalue weighted by Crippen LogP contribution is -2.49. The third kappa shape index (κ3) is 5.60. The van der Waals surface area contributed by atoms with Gasteiger partial charge in [0.1, 0.15) is 17.9 Å². The maximum Gasteiger partial charge on any atom is 0.222 e. The van der Waals surface area contributed by atoms with Gasteiger partial charge in [0, 0.05) is 44.2 Å². The van der Waals surface area contributed by atoms with Crippen LogP contribution in [0.15, 0.2) is 67.0 Å². The fourth-order valence-corrected chi connectivity index (χ4v) is 3.68. The average molecular weight is 417 g/mol. The van der Waals surface area contributed by atoms with Crippen LogP contribution in [0, 0.1) is 6.92 Å². The molecule has 31 heavy (non-hydrogen) atoms. The molecule has 2 heterocycles. The van der Waals surface area contributed by atoms with Crippen LogP contribution in [0.4, 0.5) is 5.82 Å². The predicted octanol–water partition coefficient (Wildman–Crippen LogP) is 3.96. The number of amides is 1. The van der Waals surface area contributed by atoms with Crippen molar-refractivity contribution in [3.63, 3.8) is 0 Å². The number of hydrogen-bond acceptors (Lipinski definition) is 5. The molecule has 3 aromatic rings. The summed E-state index contributed by atoms with van der Waals surface area (Å²) in [7, 11) is 0. The van der Waals surface area contributed by atoms with Crippen molar-refractivity contribution in [2.24, 2.45) is 0 Å². The van der Waals surface area contributed by atoms with Crippen LogP contribution in [-0.4, -0.2) is 53.6 Å². The number of hydrogen-bond donors (Lipinski definition) is 0. The number of ether oxygens (including phenoxy) is 1. The van der Waals surface area contributed by atoms with Crippen LogP contribution in [0.3, 0.4) is 0 Å². The predicted molar refractivity (Wildman–Crippen MR) is 122 cm³/mol. The van der Waals surface area contributed by atoms with Gasteiger partial charge in [0.05, 0.1) is 12.3 Å². The molecule has 6 heteroatoms. The largest absolute Gasteiger partial charge is 0.494 e. The minimum absolute atomic E-state index is 0.194. The van der Waals surface area contributed by atoms with Gasteiger partial charge >= 0.3 is 0 Å². The summed E-state index contributed by atoms with van der Waals surface area (Å²) in [5.41, 5.74) is 3.20. The van der Waals surface area contributed by atoms with E-state index in [0.717, 1.165) is 42.3 Å². The Hall–Kier alpha value is -3.41. The molecule has 160 valence electrons. The van der Waals surface area contributed by atoms with Crippen molar-refractivity contribution in [1.29, 1.82) is 0 Å². The number of piperazine rings is 1. The Morgan fingerprint density at radius 1 is 0.968 bits per heavy atom. The first kappa shape index (κ1) is 20.8. The highest BCUT2D eigenvalue weighted by atomic mass is 16.5. The molecular weight excluding hydrogens is 388 g/mol. The zero-order chi connectivity index (χ0) is 21.5. The van der Waals surface area contributed by atoms with Gasteiger partial charge in [0.15, 0.2) is 0 Å². The molecule has 0 spiro atoms. The normalized spacial score (nSPS) is 13.8. The Kier molecular flexibility index (Phi) is 6.77. The third-order valence-electron chi connectivity index (χ3n) is 5.50. The average Bonchev–Trinajstić information content (AvgIpc) is 2.83. The number of rotatable bonds is 7. The van der Waals surface area contributed by atoms with Crippen LogP contribution < -0.4 is 9.64 Å². The minimum Gasteiger partial charge on any atom is -0.494 e. The summed E-state index contributed by atoms with van der Waals surface area (Å²) in [5, 5.41) is 0. The van der Waals surface area contributed by atoms with Crippen molar-refractivity contribution in [3.05, 3.63) is 72.6 Å². The lowest BCUT2D eigenvalue weighted by Gasteiger charge is -2.35.